The Bertz CT molecular complexity index is 450. The molecule has 0 heterocycles. The lowest BCUT2D eigenvalue weighted by molar-refractivity contribution is -0.133. The number of ether oxygens (including phenoxy) is 1. The molecule has 1 fully saturated rings. The Morgan fingerprint density at radius 3 is 2.80 bits per heavy atom. The molecular weight excluding hydrogens is 292 g/mol. The molecule has 1 aliphatic rings. The van der Waals surface area contributed by atoms with Crippen molar-refractivity contribution >= 4 is 29.5 Å². The summed E-state index contributed by atoms with van der Waals surface area (Å²) in [5.41, 5.74) is 0. The van der Waals surface area contributed by atoms with Gasteiger partial charge in [-0.25, -0.2) is 0 Å². The van der Waals surface area contributed by atoms with E-state index in [1.54, 1.807) is 18.9 Å². The average Bonchev–Trinajstić information content (AvgIpc) is 2.46. The first-order valence-electron chi connectivity index (χ1n) is 6.83. The highest BCUT2D eigenvalue weighted by Gasteiger charge is 2.27. The lowest BCUT2D eigenvalue weighted by Gasteiger charge is -2.30. The Kier molecular flexibility index (Phi) is 6.10. The minimum atomic E-state index is -0.717. The molecule has 20 heavy (non-hydrogen) atoms. The number of carbonyl (C=O) groups is 1. The van der Waals surface area contributed by atoms with E-state index < -0.39 is 5.97 Å². The molecular formula is C15H20O3S2. The van der Waals surface area contributed by atoms with Crippen LogP contribution in [0.2, 0.25) is 0 Å². The van der Waals surface area contributed by atoms with Gasteiger partial charge in [-0.3, -0.25) is 4.79 Å². The molecule has 1 aliphatic carbocycles. The number of hydrogen-bond acceptors (Lipinski definition) is 4. The van der Waals surface area contributed by atoms with Crippen molar-refractivity contribution in [2.24, 2.45) is 0 Å². The van der Waals surface area contributed by atoms with Crippen LogP contribution in [0.3, 0.4) is 0 Å². The smallest absolute Gasteiger partial charge is 0.313 e. The molecule has 1 aromatic rings. The molecule has 110 valence electrons. The van der Waals surface area contributed by atoms with Crippen molar-refractivity contribution in [1.29, 1.82) is 0 Å². The highest BCUT2D eigenvalue weighted by atomic mass is 32.2. The second-order valence-electron chi connectivity index (χ2n) is 4.86. The zero-order valence-corrected chi connectivity index (χ0v) is 13.2. The molecule has 2 rings (SSSR count). The predicted molar refractivity (Wildman–Crippen MR) is 85.0 cm³/mol. The molecule has 2 atom stereocenters. The van der Waals surface area contributed by atoms with Crippen LogP contribution < -0.4 is 4.74 Å². The van der Waals surface area contributed by atoms with E-state index in [1.807, 2.05) is 23.9 Å². The number of rotatable bonds is 6. The Balaban J connectivity index is 1.98. The summed E-state index contributed by atoms with van der Waals surface area (Å²) >= 11 is 3.45. The second-order valence-corrected chi connectivity index (χ2v) is 7.40. The maximum Gasteiger partial charge on any atom is 0.313 e. The summed E-state index contributed by atoms with van der Waals surface area (Å²) in [5, 5.41) is 9.79. The minimum absolute atomic E-state index is 0.208. The van der Waals surface area contributed by atoms with Crippen LogP contribution >= 0.6 is 23.5 Å². The Hall–Kier alpha value is -0.810. The third kappa shape index (κ3) is 4.63. The monoisotopic (exact) mass is 312 g/mol. The molecule has 0 amide bonds. The van der Waals surface area contributed by atoms with E-state index in [0.29, 0.717) is 10.5 Å². The van der Waals surface area contributed by atoms with Crippen LogP contribution in [0.1, 0.15) is 25.7 Å². The number of thioether (sulfide) groups is 2. The van der Waals surface area contributed by atoms with Crippen molar-refractivity contribution in [1.82, 2.24) is 0 Å². The van der Waals surface area contributed by atoms with E-state index in [4.69, 9.17) is 9.84 Å². The van der Waals surface area contributed by atoms with Gasteiger partial charge in [0, 0.05) is 15.4 Å². The molecule has 0 saturated heterocycles. The summed E-state index contributed by atoms with van der Waals surface area (Å²) in [6.45, 7) is 0. The Labute approximate surface area is 128 Å². The summed E-state index contributed by atoms with van der Waals surface area (Å²) in [5.74, 6) is 0.367. The molecule has 0 radical (unpaired) electrons. The molecule has 2 unspecified atom stereocenters. The third-order valence-corrected chi connectivity index (χ3v) is 6.36. The van der Waals surface area contributed by atoms with Crippen molar-refractivity contribution in [2.45, 2.75) is 41.1 Å². The quantitative estimate of drug-likeness (QED) is 0.862. The third-order valence-electron chi connectivity index (χ3n) is 3.39. The molecule has 1 saturated carbocycles. The fourth-order valence-corrected chi connectivity index (χ4v) is 5.12. The van der Waals surface area contributed by atoms with Crippen LogP contribution in [0.25, 0.3) is 0 Å². The summed E-state index contributed by atoms with van der Waals surface area (Å²) < 4.78 is 5.25. The van der Waals surface area contributed by atoms with Crippen molar-refractivity contribution in [3.8, 4) is 5.75 Å². The van der Waals surface area contributed by atoms with Gasteiger partial charge in [0.25, 0.3) is 0 Å². The topological polar surface area (TPSA) is 46.5 Å². The van der Waals surface area contributed by atoms with Crippen molar-refractivity contribution in [3.05, 3.63) is 24.3 Å². The number of carboxylic acid groups (broad SMARTS) is 1. The first-order valence-corrected chi connectivity index (χ1v) is 8.76. The summed E-state index contributed by atoms with van der Waals surface area (Å²) in [4.78, 5) is 12.0. The Morgan fingerprint density at radius 1 is 1.35 bits per heavy atom. The highest BCUT2D eigenvalue weighted by molar-refractivity contribution is 8.04. The van der Waals surface area contributed by atoms with Gasteiger partial charge in [-0.15, -0.1) is 23.5 Å². The van der Waals surface area contributed by atoms with Crippen LogP contribution in [0.4, 0.5) is 0 Å². The van der Waals surface area contributed by atoms with Gasteiger partial charge in [0.05, 0.1) is 12.9 Å². The van der Waals surface area contributed by atoms with E-state index in [9.17, 15) is 4.79 Å². The van der Waals surface area contributed by atoms with Gasteiger partial charge in [0.1, 0.15) is 5.75 Å². The average molecular weight is 312 g/mol. The maximum absolute atomic E-state index is 10.7. The number of carboxylic acids is 1. The van der Waals surface area contributed by atoms with E-state index in [2.05, 4.69) is 12.1 Å². The molecule has 0 spiro atoms. The van der Waals surface area contributed by atoms with Gasteiger partial charge in [0.2, 0.25) is 0 Å². The minimum Gasteiger partial charge on any atom is -0.497 e. The summed E-state index contributed by atoms with van der Waals surface area (Å²) in [7, 11) is 1.68. The molecule has 5 heteroatoms. The number of aliphatic carboxylic acids is 1. The van der Waals surface area contributed by atoms with Gasteiger partial charge in [0.15, 0.2) is 0 Å². The van der Waals surface area contributed by atoms with Gasteiger partial charge in [-0.05, 0) is 31.0 Å². The molecule has 1 aromatic carbocycles. The lowest BCUT2D eigenvalue weighted by Crippen LogP contribution is -2.25. The van der Waals surface area contributed by atoms with Crippen LogP contribution in [-0.2, 0) is 4.79 Å². The normalized spacial score (nSPS) is 22.4. The van der Waals surface area contributed by atoms with Crippen molar-refractivity contribution in [2.75, 3.05) is 12.9 Å². The largest absolute Gasteiger partial charge is 0.497 e. The van der Waals surface area contributed by atoms with Crippen LogP contribution in [0.15, 0.2) is 29.2 Å². The van der Waals surface area contributed by atoms with E-state index in [0.717, 1.165) is 12.2 Å². The lowest BCUT2D eigenvalue weighted by atomic mass is 10.00. The van der Waals surface area contributed by atoms with Gasteiger partial charge in [-0.2, -0.15) is 0 Å². The number of benzene rings is 1. The zero-order chi connectivity index (χ0) is 14.4. The predicted octanol–water partition coefficient (Wildman–Crippen LogP) is 3.92. The van der Waals surface area contributed by atoms with Crippen LogP contribution in [-0.4, -0.2) is 34.4 Å². The Morgan fingerprint density at radius 2 is 2.10 bits per heavy atom. The van der Waals surface area contributed by atoms with Gasteiger partial charge < -0.3 is 9.84 Å². The zero-order valence-electron chi connectivity index (χ0n) is 11.6. The second kappa shape index (κ2) is 7.84. The van der Waals surface area contributed by atoms with Crippen molar-refractivity contribution < 1.29 is 14.6 Å². The first-order chi connectivity index (χ1) is 9.69. The molecule has 3 nitrogen and oxygen atoms in total. The van der Waals surface area contributed by atoms with Crippen LogP contribution in [0, 0.1) is 0 Å². The van der Waals surface area contributed by atoms with E-state index >= 15 is 0 Å². The van der Waals surface area contributed by atoms with E-state index in [-0.39, 0.29) is 5.75 Å². The summed E-state index contributed by atoms with van der Waals surface area (Å²) in [6.07, 6.45) is 4.75. The first kappa shape index (κ1) is 15.6. The maximum atomic E-state index is 10.7. The standard InChI is InChI=1S/C15H20O3S2/c1-18-11-5-4-6-12(9-11)20-14-8-3-2-7-13(14)19-10-15(16)17/h4-6,9,13-14H,2-3,7-8,10H2,1H3,(H,16,17). The molecule has 1 N–H and O–H groups in total. The van der Waals surface area contributed by atoms with Gasteiger partial charge >= 0.3 is 5.97 Å². The number of methoxy groups -OCH3 is 1. The number of hydrogen-bond donors (Lipinski definition) is 1. The summed E-state index contributed by atoms with van der Waals surface area (Å²) in [6, 6.07) is 8.10. The SMILES string of the molecule is COc1cccc(SC2CCCCC2SCC(=O)O)c1. The highest BCUT2D eigenvalue weighted by Crippen LogP contribution is 2.40. The fourth-order valence-electron chi connectivity index (χ4n) is 2.42. The molecule has 0 bridgehead atoms. The molecule has 0 aliphatic heterocycles. The fraction of sp³-hybridized carbons (Fsp3) is 0.533. The van der Waals surface area contributed by atoms with Gasteiger partial charge in [-0.1, -0.05) is 18.9 Å². The van der Waals surface area contributed by atoms with Crippen molar-refractivity contribution in [3.63, 3.8) is 0 Å². The van der Waals surface area contributed by atoms with E-state index in [1.165, 1.54) is 24.2 Å². The van der Waals surface area contributed by atoms with Crippen LogP contribution in [0.5, 0.6) is 5.75 Å². The molecule has 0 aromatic heterocycles.